The predicted molar refractivity (Wildman–Crippen MR) is 126 cm³/mol. The third-order valence-electron chi connectivity index (χ3n) is 5.70. The van der Waals surface area contributed by atoms with E-state index in [1.54, 1.807) is 7.05 Å². The quantitative estimate of drug-likeness (QED) is 0.531. The highest BCUT2D eigenvalue weighted by Gasteiger charge is 2.28. The number of rotatable bonds is 5. The number of guanidine groups is 1. The Kier molecular flexibility index (Phi) is 8.17. The number of amides is 1. The summed E-state index contributed by atoms with van der Waals surface area (Å²) in [6, 6.07) is 6.78. The molecule has 9 heteroatoms. The van der Waals surface area contributed by atoms with Crippen LogP contribution < -0.4 is 15.5 Å². The fraction of sp³-hybridized carbons (Fsp3) is 0.652. The summed E-state index contributed by atoms with van der Waals surface area (Å²) >= 11 is 0. The summed E-state index contributed by atoms with van der Waals surface area (Å²) < 4.78 is 18.5. The van der Waals surface area contributed by atoms with Crippen molar-refractivity contribution in [1.82, 2.24) is 20.4 Å². The lowest BCUT2D eigenvalue weighted by molar-refractivity contribution is 0.0507. The maximum atomic E-state index is 13.1. The Morgan fingerprint density at radius 2 is 1.84 bits per heavy atom. The molecule has 1 unspecified atom stereocenters. The van der Waals surface area contributed by atoms with Crippen LogP contribution in [-0.4, -0.2) is 92.9 Å². The summed E-state index contributed by atoms with van der Waals surface area (Å²) in [5, 5.41) is 6.41. The average Bonchev–Trinajstić information content (AvgIpc) is 3.19. The Morgan fingerprint density at radius 1 is 1.16 bits per heavy atom. The smallest absolute Gasteiger partial charge is 0.407 e. The Labute approximate surface area is 190 Å². The molecular formula is C23H37FN6O2. The van der Waals surface area contributed by atoms with Gasteiger partial charge in [0, 0.05) is 65.1 Å². The van der Waals surface area contributed by atoms with Crippen molar-refractivity contribution in [2.24, 2.45) is 4.99 Å². The number of ether oxygens (including phenoxy) is 1. The SMILES string of the molecule is CN=C(NCCN1CCN(c2ccc(F)cc2)CC1)N1CCC(NC(=O)OC(C)(C)C)C1. The Balaban J connectivity index is 1.35. The van der Waals surface area contributed by atoms with Crippen LogP contribution in [0.1, 0.15) is 27.2 Å². The van der Waals surface area contributed by atoms with Gasteiger partial charge >= 0.3 is 6.09 Å². The number of carbonyl (C=O) groups excluding carboxylic acids is 1. The summed E-state index contributed by atoms with van der Waals surface area (Å²) in [7, 11) is 1.79. The number of nitrogens with zero attached hydrogens (tertiary/aromatic N) is 4. The van der Waals surface area contributed by atoms with E-state index in [-0.39, 0.29) is 18.0 Å². The first-order chi connectivity index (χ1) is 15.2. The van der Waals surface area contributed by atoms with Crippen LogP contribution in [-0.2, 0) is 4.74 Å². The van der Waals surface area contributed by atoms with Crippen molar-refractivity contribution in [3.8, 4) is 0 Å². The standard InChI is InChI=1S/C23H37FN6O2/c1-23(2,3)32-22(31)27-19-9-11-30(17-19)21(25-4)26-10-12-28-13-15-29(16-14-28)20-7-5-18(24)6-8-20/h5-8,19H,9-17H2,1-4H3,(H,25,26)(H,27,31). The summed E-state index contributed by atoms with van der Waals surface area (Å²) in [4.78, 5) is 23.3. The molecule has 3 rings (SSSR count). The monoisotopic (exact) mass is 448 g/mol. The summed E-state index contributed by atoms with van der Waals surface area (Å²) in [5.41, 5.74) is 0.581. The number of nitrogens with one attached hydrogen (secondary N) is 2. The topological polar surface area (TPSA) is 72.4 Å². The molecule has 0 aromatic heterocycles. The number of alkyl carbamates (subject to hydrolysis) is 1. The van der Waals surface area contributed by atoms with Crippen molar-refractivity contribution in [1.29, 1.82) is 0 Å². The van der Waals surface area contributed by atoms with E-state index in [1.165, 1.54) is 12.1 Å². The highest BCUT2D eigenvalue weighted by atomic mass is 19.1. The van der Waals surface area contributed by atoms with Gasteiger partial charge in [0.2, 0.25) is 0 Å². The molecule has 0 aliphatic carbocycles. The largest absolute Gasteiger partial charge is 0.444 e. The van der Waals surface area contributed by atoms with Crippen molar-refractivity contribution >= 4 is 17.7 Å². The van der Waals surface area contributed by atoms with E-state index < -0.39 is 5.60 Å². The van der Waals surface area contributed by atoms with Crippen LogP contribution in [0.4, 0.5) is 14.9 Å². The van der Waals surface area contributed by atoms with E-state index in [4.69, 9.17) is 4.74 Å². The second-order valence-electron chi connectivity index (χ2n) is 9.36. The molecule has 2 aliphatic rings. The zero-order valence-electron chi connectivity index (χ0n) is 19.7. The second-order valence-corrected chi connectivity index (χ2v) is 9.36. The fourth-order valence-electron chi connectivity index (χ4n) is 4.08. The Bertz CT molecular complexity index is 772. The van der Waals surface area contributed by atoms with E-state index >= 15 is 0 Å². The molecule has 2 N–H and O–H groups in total. The molecule has 2 aliphatic heterocycles. The van der Waals surface area contributed by atoms with Gasteiger partial charge in [0.15, 0.2) is 5.96 Å². The molecule has 2 fully saturated rings. The number of carbonyl (C=O) groups is 1. The molecule has 1 aromatic rings. The van der Waals surface area contributed by atoms with E-state index in [0.29, 0.717) is 0 Å². The van der Waals surface area contributed by atoms with Gasteiger partial charge in [-0.3, -0.25) is 9.89 Å². The van der Waals surface area contributed by atoms with E-state index in [2.05, 4.69) is 30.3 Å². The van der Waals surface area contributed by atoms with Crippen molar-refractivity contribution in [2.75, 3.05) is 64.3 Å². The highest BCUT2D eigenvalue weighted by Crippen LogP contribution is 2.17. The van der Waals surface area contributed by atoms with Crippen LogP contribution in [0.15, 0.2) is 29.3 Å². The zero-order valence-corrected chi connectivity index (χ0v) is 19.7. The van der Waals surface area contributed by atoms with Crippen molar-refractivity contribution < 1.29 is 13.9 Å². The van der Waals surface area contributed by atoms with Gasteiger partial charge in [0.1, 0.15) is 11.4 Å². The number of likely N-dealkylation sites (tertiary alicyclic amines) is 1. The molecule has 0 spiro atoms. The molecule has 2 heterocycles. The Morgan fingerprint density at radius 3 is 2.47 bits per heavy atom. The number of aliphatic imine (C=N–C) groups is 1. The van der Waals surface area contributed by atoms with Crippen LogP contribution in [0.25, 0.3) is 0 Å². The van der Waals surface area contributed by atoms with Crippen LogP contribution in [0.5, 0.6) is 0 Å². The maximum Gasteiger partial charge on any atom is 0.407 e. The molecule has 1 aromatic carbocycles. The number of halogens is 1. The maximum absolute atomic E-state index is 13.1. The number of hydrogen-bond acceptors (Lipinski definition) is 5. The Hall–Kier alpha value is -2.55. The van der Waals surface area contributed by atoms with E-state index in [0.717, 1.165) is 70.4 Å². The van der Waals surface area contributed by atoms with Crippen LogP contribution in [0.3, 0.4) is 0 Å². The number of benzene rings is 1. The fourth-order valence-corrected chi connectivity index (χ4v) is 4.08. The zero-order chi connectivity index (χ0) is 23.1. The summed E-state index contributed by atoms with van der Waals surface area (Å²) in [6.45, 7) is 12.7. The van der Waals surface area contributed by atoms with Gasteiger partial charge in [-0.25, -0.2) is 9.18 Å². The molecule has 178 valence electrons. The molecule has 8 nitrogen and oxygen atoms in total. The van der Waals surface area contributed by atoms with Gasteiger partial charge in [-0.15, -0.1) is 0 Å². The van der Waals surface area contributed by atoms with Crippen LogP contribution >= 0.6 is 0 Å². The molecule has 1 amide bonds. The lowest BCUT2D eigenvalue weighted by atomic mass is 10.2. The highest BCUT2D eigenvalue weighted by molar-refractivity contribution is 5.80. The van der Waals surface area contributed by atoms with Crippen LogP contribution in [0.2, 0.25) is 0 Å². The van der Waals surface area contributed by atoms with Crippen molar-refractivity contribution in [3.63, 3.8) is 0 Å². The third-order valence-corrected chi connectivity index (χ3v) is 5.70. The minimum absolute atomic E-state index is 0.0583. The number of hydrogen-bond donors (Lipinski definition) is 2. The van der Waals surface area contributed by atoms with Gasteiger partial charge in [-0.2, -0.15) is 0 Å². The van der Waals surface area contributed by atoms with E-state index in [1.807, 2.05) is 32.9 Å². The van der Waals surface area contributed by atoms with Crippen molar-refractivity contribution in [2.45, 2.75) is 38.8 Å². The van der Waals surface area contributed by atoms with Crippen LogP contribution in [0, 0.1) is 5.82 Å². The molecule has 2 saturated heterocycles. The number of piperazine rings is 1. The third kappa shape index (κ3) is 7.25. The summed E-state index contributed by atoms with van der Waals surface area (Å²) in [5.74, 6) is 0.667. The second kappa shape index (κ2) is 10.8. The van der Waals surface area contributed by atoms with Crippen molar-refractivity contribution in [3.05, 3.63) is 30.1 Å². The van der Waals surface area contributed by atoms with Gasteiger partial charge < -0.3 is 25.2 Å². The lowest BCUT2D eigenvalue weighted by Crippen LogP contribution is -2.50. The predicted octanol–water partition coefficient (Wildman–Crippen LogP) is 2.12. The average molecular weight is 449 g/mol. The molecular weight excluding hydrogens is 411 g/mol. The first kappa shape index (κ1) is 24.1. The first-order valence-corrected chi connectivity index (χ1v) is 11.4. The molecule has 32 heavy (non-hydrogen) atoms. The van der Waals surface area contributed by atoms with Gasteiger partial charge in [0.05, 0.1) is 6.04 Å². The minimum atomic E-state index is -0.496. The number of anilines is 1. The van der Waals surface area contributed by atoms with Gasteiger partial charge in [0.25, 0.3) is 0 Å². The summed E-state index contributed by atoms with van der Waals surface area (Å²) in [6.07, 6.45) is 0.498. The molecule has 0 radical (unpaired) electrons. The lowest BCUT2D eigenvalue weighted by Gasteiger charge is -2.36. The van der Waals surface area contributed by atoms with Gasteiger partial charge in [-0.1, -0.05) is 0 Å². The van der Waals surface area contributed by atoms with Gasteiger partial charge in [-0.05, 0) is 51.5 Å². The van der Waals surface area contributed by atoms with E-state index in [9.17, 15) is 9.18 Å². The normalized spacial score (nSPS) is 20.4. The molecule has 0 saturated carbocycles. The molecule has 1 atom stereocenters. The first-order valence-electron chi connectivity index (χ1n) is 11.4. The molecule has 0 bridgehead atoms. The minimum Gasteiger partial charge on any atom is -0.444 e.